The Morgan fingerprint density at radius 2 is 1.89 bits per heavy atom. The predicted molar refractivity (Wildman–Crippen MR) is 136 cm³/mol. The molecule has 6 rings (SSSR count). The molecule has 3 aliphatic rings. The number of ether oxygens (including phenoxy) is 1. The van der Waals surface area contributed by atoms with Crippen LogP contribution in [0.3, 0.4) is 0 Å². The van der Waals surface area contributed by atoms with Crippen LogP contribution >= 0.6 is 0 Å². The maximum atomic E-state index is 13.2. The van der Waals surface area contributed by atoms with Gasteiger partial charge in [0.05, 0.1) is 11.2 Å². The Kier molecular flexibility index (Phi) is 5.95. The molecular weight excluding hydrogens is 479 g/mol. The Hall–Kier alpha value is -2.39. The molecule has 0 radical (unpaired) electrons. The minimum Gasteiger partial charge on any atom is -0.385 e. The van der Waals surface area contributed by atoms with Crippen molar-refractivity contribution >= 4 is 10.9 Å². The normalized spacial score (nSPS) is 28.4. The number of aliphatic hydroxyl groups is 1. The third-order valence-electron chi connectivity index (χ3n) is 9.16. The largest absolute Gasteiger partial charge is 0.416 e. The van der Waals surface area contributed by atoms with Crippen molar-refractivity contribution < 1.29 is 23.0 Å². The first kappa shape index (κ1) is 24.9. The highest BCUT2D eigenvalue weighted by Crippen LogP contribution is 2.49. The molecule has 8 heteroatoms. The lowest BCUT2D eigenvalue weighted by atomic mass is 9.68. The number of benzene rings is 2. The lowest BCUT2D eigenvalue weighted by Gasteiger charge is -2.54. The second-order valence-corrected chi connectivity index (χ2v) is 11.3. The Bertz CT molecular complexity index is 1300. The number of alkyl halides is 3. The SMILES string of the molecule is CO[C@]12C[C@@H](CN3CCC(O)(c4cccc(C(F)(F)F)c4)CC3)CN(C)[C@@H]1Cc1c[nH]c3cccc2c13. The highest BCUT2D eigenvalue weighted by molar-refractivity contribution is 5.88. The zero-order valence-corrected chi connectivity index (χ0v) is 21.3. The smallest absolute Gasteiger partial charge is 0.385 e. The summed E-state index contributed by atoms with van der Waals surface area (Å²) >= 11 is 0. The number of rotatable bonds is 4. The molecule has 2 aromatic carbocycles. The molecular formula is C29H34F3N3O2. The van der Waals surface area contributed by atoms with Crippen molar-refractivity contribution in [3.8, 4) is 0 Å². The van der Waals surface area contributed by atoms with Gasteiger partial charge in [-0.05, 0) is 73.5 Å². The van der Waals surface area contributed by atoms with E-state index in [-0.39, 0.29) is 11.6 Å². The summed E-state index contributed by atoms with van der Waals surface area (Å²) in [5, 5.41) is 12.6. The molecule has 2 N–H and O–H groups in total. The van der Waals surface area contributed by atoms with Crippen molar-refractivity contribution in [1.82, 2.24) is 14.8 Å². The quantitative estimate of drug-likeness (QED) is 0.522. The average Bonchev–Trinajstić information content (AvgIpc) is 3.30. The maximum absolute atomic E-state index is 13.2. The molecule has 5 nitrogen and oxygen atoms in total. The predicted octanol–water partition coefficient (Wildman–Crippen LogP) is 4.89. The van der Waals surface area contributed by atoms with E-state index < -0.39 is 17.3 Å². The summed E-state index contributed by atoms with van der Waals surface area (Å²) in [4.78, 5) is 8.22. The van der Waals surface area contributed by atoms with Crippen LogP contribution in [0.5, 0.6) is 0 Å². The van der Waals surface area contributed by atoms with Gasteiger partial charge in [-0.15, -0.1) is 0 Å². The third-order valence-corrected chi connectivity index (χ3v) is 9.16. The number of aromatic amines is 1. The molecule has 3 aromatic rings. The number of methoxy groups -OCH3 is 1. The zero-order chi connectivity index (χ0) is 26.0. The van der Waals surface area contributed by atoms with Gasteiger partial charge >= 0.3 is 6.18 Å². The molecule has 0 spiro atoms. The van der Waals surface area contributed by atoms with Crippen LogP contribution in [-0.2, 0) is 28.5 Å². The van der Waals surface area contributed by atoms with E-state index in [0.29, 0.717) is 37.4 Å². The Morgan fingerprint density at radius 3 is 2.62 bits per heavy atom. The van der Waals surface area contributed by atoms with Crippen LogP contribution in [-0.4, -0.2) is 66.3 Å². The van der Waals surface area contributed by atoms with E-state index in [1.807, 2.05) is 7.11 Å². The van der Waals surface area contributed by atoms with Crippen LogP contribution in [0.4, 0.5) is 13.2 Å². The molecule has 0 amide bonds. The first-order valence-electron chi connectivity index (χ1n) is 13.1. The zero-order valence-electron chi connectivity index (χ0n) is 21.3. The molecule has 2 aliphatic heterocycles. The van der Waals surface area contributed by atoms with Gasteiger partial charge in [0.25, 0.3) is 0 Å². The maximum Gasteiger partial charge on any atom is 0.416 e. The van der Waals surface area contributed by atoms with Crippen LogP contribution in [0.2, 0.25) is 0 Å². The molecule has 0 bridgehead atoms. The van der Waals surface area contributed by atoms with Gasteiger partial charge in [-0.1, -0.05) is 24.3 Å². The van der Waals surface area contributed by atoms with Crippen molar-refractivity contribution in [2.75, 3.05) is 40.3 Å². The molecule has 1 aromatic heterocycles. The fourth-order valence-electron chi connectivity index (χ4n) is 7.30. The summed E-state index contributed by atoms with van der Waals surface area (Å²) in [7, 11) is 4.01. The van der Waals surface area contributed by atoms with Gasteiger partial charge in [0.2, 0.25) is 0 Å². The van der Waals surface area contributed by atoms with E-state index in [1.165, 1.54) is 22.6 Å². The number of hydrogen-bond acceptors (Lipinski definition) is 4. The van der Waals surface area contributed by atoms with E-state index in [9.17, 15) is 18.3 Å². The van der Waals surface area contributed by atoms with Crippen molar-refractivity contribution in [2.45, 2.75) is 49.1 Å². The summed E-state index contributed by atoms with van der Waals surface area (Å²) in [6.07, 6.45) is 0.410. The van der Waals surface area contributed by atoms with E-state index in [4.69, 9.17) is 4.74 Å². The summed E-state index contributed by atoms with van der Waals surface area (Å²) in [5.41, 5.74) is 1.78. The average molecular weight is 514 g/mol. The Balaban J connectivity index is 1.19. The number of nitrogens with one attached hydrogen (secondary N) is 1. The van der Waals surface area contributed by atoms with Crippen LogP contribution in [0.15, 0.2) is 48.7 Å². The van der Waals surface area contributed by atoms with E-state index in [1.54, 1.807) is 6.07 Å². The Labute approximate surface area is 215 Å². The van der Waals surface area contributed by atoms with Crippen molar-refractivity contribution in [3.05, 3.63) is 70.9 Å². The summed E-state index contributed by atoms with van der Waals surface area (Å²) in [5.74, 6) is 0.372. The fraction of sp³-hybridized carbons (Fsp3) is 0.517. The van der Waals surface area contributed by atoms with E-state index in [2.05, 4.69) is 46.2 Å². The number of likely N-dealkylation sites (tertiary alicyclic amines) is 2. The van der Waals surface area contributed by atoms with Crippen LogP contribution in [0.1, 0.15) is 41.5 Å². The molecule has 198 valence electrons. The molecule has 3 heterocycles. The van der Waals surface area contributed by atoms with Crippen LogP contribution < -0.4 is 0 Å². The number of nitrogens with zero attached hydrogens (tertiary/aromatic N) is 2. The van der Waals surface area contributed by atoms with E-state index in [0.717, 1.165) is 43.6 Å². The first-order chi connectivity index (χ1) is 17.6. The molecule has 2 fully saturated rings. The van der Waals surface area contributed by atoms with Gasteiger partial charge < -0.3 is 19.7 Å². The molecule has 0 saturated carbocycles. The molecule has 0 unspecified atom stereocenters. The van der Waals surface area contributed by atoms with Gasteiger partial charge in [0.15, 0.2) is 0 Å². The number of halogens is 3. The standard InChI is InChI=1S/C29H34F3N3O2/c1-34-17-19(15-28(37-2)23-7-4-8-24-26(23)20(16-33-24)13-25(28)34)18-35-11-9-27(36,10-12-35)21-5-3-6-22(14-21)29(30,31)32/h3-8,14,16,19,25,33,36H,9-13,15,17-18H2,1-2H3/t19-,25-,28+/m1/s1. The number of piperidine rings is 2. The minimum atomic E-state index is -4.42. The molecule has 3 atom stereocenters. The second kappa shape index (κ2) is 8.83. The van der Waals surface area contributed by atoms with Crippen molar-refractivity contribution in [3.63, 3.8) is 0 Å². The first-order valence-corrected chi connectivity index (χ1v) is 13.1. The second-order valence-electron chi connectivity index (χ2n) is 11.3. The highest BCUT2D eigenvalue weighted by Gasteiger charge is 2.52. The molecule has 2 saturated heterocycles. The van der Waals surface area contributed by atoms with Gasteiger partial charge in [-0.25, -0.2) is 0 Å². The summed E-state index contributed by atoms with van der Waals surface area (Å²) < 4.78 is 46.1. The number of H-pyrrole nitrogens is 1. The number of aromatic nitrogens is 1. The van der Waals surface area contributed by atoms with E-state index >= 15 is 0 Å². The third kappa shape index (κ3) is 4.09. The monoisotopic (exact) mass is 513 g/mol. The number of hydrogen-bond donors (Lipinski definition) is 2. The van der Waals surface area contributed by atoms with Crippen LogP contribution in [0.25, 0.3) is 10.9 Å². The van der Waals surface area contributed by atoms with Crippen molar-refractivity contribution in [2.24, 2.45) is 5.92 Å². The van der Waals surface area contributed by atoms with Gasteiger partial charge in [0.1, 0.15) is 5.60 Å². The number of fused-ring (bicyclic) bond motifs is 2. The molecule has 37 heavy (non-hydrogen) atoms. The van der Waals surface area contributed by atoms with Crippen molar-refractivity contribution in [1.29, 1.82) is 0 Å². The summed E-state index contributed by atoms with van der Waals surface area (Å²) in [6.45, 7) is 3.12. The number of likely N-dealkylation sites (N-methyl/N-ethyl adjacent to an activating group) is 1. The van der Waals surface area contributed by atoms with Gasteiger partial charge in [-0.2, -0.15) is 13.2 Å². The van der Waals surface area contributed by atoms with Gasteiger partial charge in [0, 0.05) is 56.4 Å². The summed E-state index contributed by atoms with van der Waals surface area (Å²) in [6, 6.07) is 11.9. The lowest BCUT2D eigenvalue weighted by molar-refractivity contribution is -0.138. The van der Waals surface area contributed by atoms with Crippen LogP contribution in [0, 0.1) is 5.92 Å². The fourth-order valence-corrected chi connectivity index (χ4v) is 7.30. The minimum absolute atomic E-state index is 0.259. The lowest BCUT2D eigenvalue weighted by Crippen LogP contribution is -2.60. The highest BCUT2D eigenvalue weighted by atomic mass is 19.4. The molecule has 1 aliphatic carbocycles. The topological polar surface area (TPSA) is 51.7 Å². The van der Waals surface area contributed by atoms with Gasteiger partial charge in [-0.3, -0.25) is 4.90 Å². The Morgan fingerprint density at radius 1 is 1.14 bits per heavy atom.